The molecule has 0 radical (unpaired) electrons. The molecular formula is C20H17BrO6. The Hall–Kier alpha value is -2.80. The summed E-state index contributed by atoms with van der Waals surface area (Å²) in [5, 5.41) is 20.8. The van der Waals surface area contributed by atoms with Crippen LogP contribution in [0.1, 0.15) is 34.1 Å². The van der Waals surface area contributed by atoms with E-state index < -0.39 is 17.2 Å². The molecule has 6 nitrogen and oxygen atoms in total. The summed E-state index contributed by atoms with van der Waals surface area (Å²) < 4.78 is 11.1. The molecule has 0 saturated carbocycles. The second-order valence-corrected chi connectivity index (χ2v) is 7.19. The van der Waals surface area contributed by atoms with E-state index in [0.717, 1.165) is 10.0 Å². The van der Waals surface area contributed by atoms with E-state index in [4.69, 9.17) is 8.83 Å². The highest BCUT2D eigenvalue weighted by Gasteiger charge is 2.29. The maximum atomic E-state index is 12.5. The first-order chi connectivity index (χ1) is 12.8. The maximum absolute atomic E-state index is 12.5. The van der Waals surface area contributed by atoms with E-state index in [1.54, 1.807) is 0 Å². The van der Waals surface area contributed by atoms with Crippen molar-refractivity contribution in [2.24, 2.45) is 0 Å². The van der Waals surface area contributed by atoms with Gasteiger partial charge in [-0.15, -0.1) is 0 Å². The number of aryl methyl sites for hydroxylation is 2. The van der Waals surface area contributed by atoms with Crippen LogP contribution < -0.4 is 11.3 Å². The first-order valence-corrected chi connectivity index (χ1v) is 8.97. The molecule has 2 aromatic heterocycles. The van der Waals surface area contributed by atoms with Crippen molar-refractivity contribution in [3.05, 3.63) is 89.9 Å². The number of hydrogen-bond acceptors (Lipinski definition) is 6. The molecule has 0 unspecified atom stereocenters. The second kappa shape index (κ2) is 7.44. The van der Waals surface area contributed by atoms with Crippen molar-refractivity contribution >= 4 is 15.9 Å². The summed E-state index contributed by atoms with van der Waals surface area (Å²) in [5.41, 5.74) is -0.949. The minimum Gasteiger partial charge on any atom is -0.507 e. The molecule has 1 aromatic carbocycles. The van der Waals surface area contributed by atoms with Gasteiger partial charge in [0.2, 0.25) is 0 Å². The summed E-state index contributed by atoms with van der Waals surface area (Å²) in [6, 6.07) is 9.88. The molecule has 0 amide bonds. The van der Waals surface area contributed by atoms with Crippen molar-refractivity contribution in [3.8, 4) is 11.5 Å². The monoisotopic (exact) mass is 432 g/mol. The zero-order valence-electron chi connectivity index (χ0n) is 14.7. The molecule has 0 aliphatic heterocycles. The lowest BCUT2D eigenvalue weighted by Crippen LogP contribution is -2.22. The van der Waals surface area contributed by atoms with Crippen LogP contribution in [-0.4, -0.2) is 10.2 Å². The Morgan fingerprint density at radius 3 is 1.74 bits per heavy atom. The molecule has 140 valence electrons. The molecule has 0 bridgehead atoms. The molecule has 2 heterocycles. The minimum atomic E-state index is -0.945. The number of halogens is 1. The molecule has 0 atom stereocenters. The number of rotatable bonds is 4. The van der Waals surface area contributed by atoms with Crippen LogP contribution in [0.25, 0.3) is 0 Å². The van der Waals surface area contributed by atoms with Crippen molar-refractivity contribution < 1.29 is 19.0 Å². The van der Waals surface area contributed by atoms with Gasteiger partial charge in [0.1, 0.15) is 23.0 Å². The number of benzene rings is 1. The van der Waals surface area contributed by atoms with Crippen LogP contribution in [0.5, 0.6) is 11.5 Å². The lowest BCUT2D eigenvalue weighted by Gasteiger charge is -2.18. The van der Waals surface area contributed by atoms with Gasteiger partial charge in [-0.1, -0.05) is 28.1 Å². The molecule has 0 spiro atoms. The SMILES string of the molecule is Cc1cc(O)c(C(Cc2ccc(Br)cc2)c2c(O)cc(C)oc2=O)c(=O)o1. The minimum absolute atomic E-state index is 0.102. The summed E-state index contributed by atoms with van der Waals surface area (Å²) >= 11 is 3.35. The Morgan fingerprint density at radius 2 is 1.33 bits per heavy atom. The summed E-state index contributed by atoms with van der Waals surface area (Å²) in [7, 11) is 0. The van der Waals surface area contributed by atoms with E-state index in [9.17, 15) is 19.8 Å². The predicted molar refractivity (Wildman–Crippen MR) is 102 cm³/mol. The van der Waals surface area contributed by atoms with Crippen LogP contribution in [0, 0.1) is 13.8 Å². The van der Waals surface area contributed by atoms with Crippen molar-refractivity contribution in [1.29, 1.82) is 0 Å². The Balaban J connectivity index is 2.23. The van der Waals surface area contributed by atoms with E-state index in [1.165, 1.54) is 26.0 Å². The summed E-state index contributed by atoms with van der Waals surface area (Å²) in [5.74, 6) is -1.07. The molecule has 0 fully saturated rings. The van der Waals surface area contributed by atoms with Crippen LogP contribution in [0.4, 0.5) is 0 Å². The average Bonchev–Trinajstić information content (AvgIpc) is 2.54. The second-order valence-electron chi connectivity index (χ2n) is 6.27. The van der Waals surface area contributed by atoms with Gasteiger partial charge in [0.25, 0.3) is 0 Å². The van der Waals surface area contributed by atoms with Gasteiger partial charge in [-0.3, -0.25) is 0 Å². The Morgan fingerprint density at radius 1 is 0.889 bits per heavy atom. The topological polar surface area (TPSA) is 101 Å². The Labute approximate surface area is 162 Å². The van der Waals surface area contributed by atoms with Crippen LogP contribution in [-0.2, 0) is 6.42 Å². The lowest BCUT2D eigenvalue weighted by molar-refractivity contribution is 0.400. The average molecular weight is 433 g/mol. The van der Waals surface area contributed by atoms with Gasteiger partial charge < -0.3 is 19.0 Å². The van der Waals surface area contributed by atoms with Gasteiger partial charge in [-0.25, -0.2) is 9.59 Å². The van der Waals surface area contributed by atoms with E-state index in [1.807, 2.05) is 24.3 Å². The molecule has 7 heteroatoms. The van der Waals surface area contributed by atoms with E-state index >= 15 is 0 Å². The summed E-state index contributed by atoms with van der Waals surface area (Å²) in [4.78, 5) is 24.9. The molecule has 0 aliphatic carbocycles. The van der Waals surface area contributed by atoms with Gasteiger partial charge in [-0.05, 0) is 38.0 Å². The third-order valence-corrected chi connectivity index (χ3v) is 4.76. The fraction of sp³-hybridized carbons (Fsp3) is 0.200. The molecule has 2 N–H and O–H groups in total. The van der Waals surface area contributed by atoms with E-state index in [0.29, 0.717) is 0 Å². The number of hydrogen-bond donors (Lipinski definition) is 2. The first-order valence-electron chi connectivity index (χ1n) is 8.18. The summed E-state index contributed by atoms with van der Waals surface area (Å²) in [6.07, 6.45) is 0.177. The fourth-order valence-electron chi connectivity index (χ4n) is 3.06. The predicted octanol–water partition coefficient (Wildman–Crippen LogP) is 3.76. The Kier molecular flexibility index (Phi) is 5.23. The van der Waals surface area contributed by atoms with Crippen molar-refractivity contribution in [3.63, 3.8) is 0 Å². The van der Waals surface area contributed by atoms with Gasteiger partial charge in [0, 0.05) is 22.5 Å². The van der Waals surface area contributed by atoms with Crippen molar-refractivity contribution in [2.45, 2.75) is 26.2 Å². The van der Waals surface area contributed by atoms with Gasteiger partial charge in [0.15, 0.2) is 0 Å². The normalized spacial score (nSPS) is 11.1. The zero-order chi connectivity index (χ0) is 19.7. The van der Waals surface area contributed by atoms with E-state index in [2.05, 4.69) is 15.9 Å². The zero-order valence-corrected chi connectivity index (χ0v) is 16.2. The molecular weight excluding hydrogens is 416 g/mol. The lowest BCUT2D eigenvalue weighted by atomic mass is 9.86. The largest absolute Gasteiger partial charge is 0.507 e. The fourth-order valence-corrected chi connectivity index (χ4v) is 3.32. The van der Waals surface area contributed by atoms with Gasteiger partial charge in [-0.2, -0.15) is 0 Å². The van der Waals surface area contributed by atoms with Crippen LogP contribution in [0.3, 0.4) is 0 Å². The first kappa shape index (κ1) is 19.0. The molecule has 3 aromatic rings. The quantitative estimate of drug-likeness (QED) is 0.650. The van der Waals surface area contributed by atoms with Crippen molar-refractivity contribution in [2.75, 3.05) is 0 Å². The summed E-state index contributed by atoms with van der Waals surface area (Å²) in [6.45, 7) is 3.07. The van der Waals surface area contributed by atoms with Gasteiger partial charge >= 0.3 is 11.3 Å². The molecule has 0 aliphatic rings. The maximum Gasteiger partial charge on any atom is 0.343 e. The number of aromatic hydroxyl groups is 2. The van der Waals surface area contributed by atoms with Crippen molar-refractivity contribution in [1.82, 2.24) is 0 Å². The standard InChI is InChI=1S/C20H17BrO6/c1-10-7-15(22)17(19(24)26-10)14(9-12-3-5-13(21)6-4-12)18-16(23)8-11(2)27-20(18)25/h3-8,14,22-23H,9H2,1-2H3. The molecule has 0 saturated heterocycles. The third kappa shape index (κ3) is 3.98. The van der Waals surface area contributed by atoms with E-state index in [-0.39, 0.29) is 40.6 Å². The van der Waals surface area contributed by atoms with Gasteiger partial charge in [0.05, 0.1) is 11.1 Å². The third-order valence-electron chi connectivity index (χ3n) is 4.23. The highest BCUT2D eigenvalue weighted by Crippen LogP contribution is 2.35. The highest BCUT2D eigenvalue weighted by atomic mass is 79.9. The smallest absolute Gasteiger partial charge is 0.343 e. The van der Waals surface area contributed by atoms with Crippen LogP contribution in [0.15, 0.2) is 59.3 Å². The van der Waals surface area contributed by atoms with Crippen LogP contribution >= 0.6 is 15.9 Å². The van der Waals surface area contributed by atoms with Crippen LogP contribution in [0.2, 0.25) is 0 Å². The molecule has 3 rings (SSSR count). The Bertz CT molecular complexity index is 1030. The highest BCUT2D eigenvalue weighted by molar-refractivity contribution is 9.10. The molecule has 27 heavy (non-hydrogen) atoms.